The number of hydrogen-bond acceptors (Lipinski definition) is 6. The minimum Gasteiger partial charge on any atom is -0.436 e. The molecule has 0 radical (unpaired) electrons. The van der Waals surface area contributed by atoms with Gasteiger partial charge in [0.2, 0.25) is 0 Å². The molecule has 92 valence electrons. The molecule has 1 aromatic rings. The highest BCUT2D eigenvalue weighted by Crippen LogP contribution is 2.13. The van der Waals surface area contributed by atoms with Crippen LogP contribution in [0.15, 0.2) is 18.2 Å². The van der Waals surface area contributed by atoms with Gasteiger partial charge in [0, 0.05) is 0 Å². The molecule has 0 heterocycles. The molecule has 0 aromatic heterocycles. The Morgan fingerprint density at radius 3 is 2.47 bits per heavy atom. The summed E-state index contributed by atoms with van der Waals surface area (Å²) in [6.07, 6.45) is -1.11. The predicted octanol–water partition coefficient (Wildman–Crippen LogP) is 2.09. The minimum absolute atomic E-state index is 0.332. The van der Waals surface area contributed by atoms with Gasteiger partial charge >= 0.3 is 12.1 Å². The molecule has 0 bridgehead atoms. The van der Waals surface area contributed by atoms with Crippen molar-refractivity contribution in [3.8, 4) is 0 Å². The van der Waals surface area contributed by atoms with E-state index in [1.165, 1.54) is 0 Å². The number of benzene rings is 1. The molecule has 0 aliphatic rings. The molecule has 0 saturated heterocycles. The van der Waals surface area contributed by atoms with Gasteiger partial charge in [0.1, 0.15) is 0 Å². The van der Waals surface area contributed by atoms with Crippen molar-refractivity contribution in [1.82, 2.24) is 0 Å². The molecule has 6 heteroatoms. The van der Waals surface area contributed by atoms with Crippen molar-refractivity contribution in [3.05, 3.63) is 34.9 Å². The molecule has 1 aromatic carbocycles. The summed E-state index contributed by atoms with van der Waals surface area (Å²) in [7, 11) is 1.10. The van der Waals surface area contributed by atoms with Crippen molar-refractivity contribution in [1.29, 1.82) is 0 Å². The summed E-state index contributed by atoms with van der Waals surface area (Å²) in [5, 5.41) is 3.97. The van der Waals surface area contributed by atoms with E-state index in [0.29, 0.717) is 5.56 Å². The van der Waals surface area contributed by atoms with Crippen molar-refractivity contribution < 1.29 is 29.1 Å². The Balaban J connectivity index is 2.59. The van der Waals surface area contributed by atoms with E-state index in [1.807, 2.05) is 13.0 Å². The van der Waals surface area contributed by atoms with Crippen LogP contribution in [-0.2, 0) is 19.6 Å². The molecule has 0 spiro atoms. The third kappa shape index (κ3) is 3.46. The Kier molecular flexibility index (Phi) is 4.47. The zero-order valence-corrected chi connectivity index (χ0v) is 9.68. The van der Waals surface area contributed by atoms with Gasteiger partial charge in [0.05, 0.1) is 17.7 Å². The first kappa shape index (κ1) is 13.0. The molecule has 0 aliphatic carbocycles. The normalized spacial score (nSPS) is 9.59. The van der Waals surface area contributed by atoms with Crippen molar-refractivity contribution >= 4 is 12.1 Å². The van der Waals surface area contributed by atoms with Crippen molar-refractivity contribution in [2.24, 2.45) is 0 Å². The quantitative estimate of drug-likeness (QED) is 0.457. The van der Waals surface area contributed by atoms with Crippen LogP contribution < -0.4 is 0 Å². The van der Waals surface area contributed by atoms with Crippen molar-refractivity contribution in [2.75, 3.05) is 7.11 Å². The maximum absolute atomic E-state index is 11.5. The highest BCUT2D eigenvalue weighted by atomic mass is 17.5. The molecular formula is C11H12O6. The Labute approximate surface area is 97.9 Å². The van der Waals surface area contributed by atoms with Crippen LogP contribution in [0.3, 0.4) is 0 Å². The Morgan fingerprint density at radius 1 is 1.12 bits per heavy atom. The number of carbonyl (C=O) groups is 2. The third-order valence-corrected chi connectivity index (χ3v) is 2.20. The van der Waals surface area contributed by atoms with Gasteiger partial charge in [-0.2, -0.15) is 0 Å². The van der Waals surface area contributed by atoms with E-state index < -0.39 is 12.1 Å². The molecule has 1 rings (SSSR count). The number of ether oxygens (including phenoxy) is 1. The fourth-order valence-corrected chi connectivity index (χ4v) is 1.13. The second-order valence-electron chi connectivity index (χ2n) is 3.22. The number of rotatable bonds is 3. The highest BCUT2D eigenvalue weighted by Gasteiger charge is 2.14. The van der Waals surface area contributed by atoms with E-state index in [-0.39, 0.29) is 0 Å². The first-order valence-electron chi connectivity index (χ1n) is 4.76. The zero-order valence-electron chi connectivity index (χ0n) is 9.68. The second kappa shape index (κ2) is 5.86. The summed E-state index contributed by atoms with van der Waals surface area (Å²) in [5.41, 5.74) is 2.03. The summed E-state index contributed by atoms with van der Waals surface area (Å²) in [6, 6.07) is 5.14. The van der Waals surface area contributed by atoms with Crippen LogP contribution in [0, 0.1) is 13.8 Å². The molecule has 0 saturated carbocycles. The fraction of sp³-hybridized carbons (Fsp3) is 0.273. The summed E-state index contributed by atoms with van der Waals surface area (Å²) in [6.45, 7) is 3.63. The van der Waals surface area contributed by atoms with Crippen LogP contribution >= 0.6 is 0 Å². The van der Waals surface area contributed by atoms with Gasteiger partial charge in [-0.3, -0.25) is 4.89 Å². The van der Waals surface area contributed by atoms with Gasteiger partial charge in [0.25, 0.3) is 0 Å². The lowest BCUT2D eigenvalue weighted by Crippen LogP contribution is -2.12. The average Bonchev–Trinajstić information content (AvgIpc) is 2.32. The number of carbonyl (C=O) groups excluding carboxylic acids is 2. The topological polar surface area (TPSA) is 71.1 Å². The third-order valence-electron chi connectivity index (χ3n) is 2.20. The molecular weight excluding hydrogens is 228 g/mol. The van der Waals surface area contributed by atoms with E-state index in [9.17, 15) is 9.59 Å². The Morgan fingerprint density at radius 2 is 1.82 bits per heavy atom. The second-order valence-corrected chi connectivity index (χ2v) is 3.22. The van der Waals surface area contributed by atoms with E-state index >= 15 is 0 Å². The minimum atomic E-state index is -1.11. The van der Waals surface area contributed by atoms with Crippen molar-refractivity contribution in [2.45, 2.75) is 13.8 Å². The number of hydrogen-bond donors (Lipinski definition) is 0. The lowest BCUT2D eigenvalue weighted by Gasteiger charge is -2.06. The zero-order chi connectivity index (χ0) is 12.8. The highest BCUT2D eigenvalue weighted by molar-refractivity contribution is 5.90. The number of aryl methyl sites for hydroxylation is 1. The first-order chi connectivity index (χ1) is 8.06. The van der Waals surface area contributed by atoms with Gasteiger partial charge in [0.15, 0.2) is 0 Å². The molecule has 0 N–H and O–H groups in total. The maximum Gasteiger partial charge on any atom is 0.543 e. The number of methoxy groups -OCH3 is 1. The Bertz CT molecular complexity index is 426. The maximum atomic E-state index is 11.5. The predicted molar refractivity (Wildman–Crippen MR) is 55.9 cm³/mol. The van der Waals surface area contributed by atoms with E-state index in [0.717, 1.165) is 18.2 Å². The molecule has 0 fully saturated rings. The first-order valence-corrected chi connectivity index (χ1v) is 4.76. The summed E-state index contributed by atoms with van der Waals surface area (Å²) < 4.78 is 4.10. The lowest BCUT2D eigenvalue weighted by atomic mass is 10.0. The van der Waals surface area contributed by atoms with Gasteiger partial charge < -0.3 is 4.74 Å². The average molecular weight is 240 g/mol. The molecule has 0 atom stereocenters. The van der Waals surface area contributed by atoms with Crippen molar-refractivity contribution in [3.63, 3.8) is 0 Å². The molecule has 6 nitrogen and oxygen atoms in total. The molecule has 0 aliphatic heterocycles. The lowest BCUT2D eigenvalue weighted by molar-refractivity contribution is -0.451. The van der Waals surface area contributed by atoms with Crippen LogP contribution in [0.25, 0.3) is 0 Å². The largest absolute Gasteiger partial charge is 0.543 e. The molecule has 0 unspecified atom stereocenters. The SMILES string of the molecule is COC(=O)OOOC(=O)c1cccc(C)c1C. The van der Waals surface area contributed by atoms with E-state index in [2.05, 4.69) is 19.6 Å². The van der Waals surface area contributed by atoms with Gasteiger partial charge in [-0.05, 0) is 31.0 Å². The smallest absolute Gasteiger partial charge is 0.436 e. The molecule has 17 heavy (non-hydrogen) atoms. The summed E-state index contributed by atoms with van der Waals surface area (Å²) in [5.74, 6) is -0.755. The van der Waals surface area contributed by atoms with Gasteiger partial charge in [-0.25, -0.2) is 14.5 Å². The van der Waals surface area contributed by atoms with Crippen LogP contribution in [0.4, 0.5) is 4.79 Å². The van der Waals surface area contributed by atoms with E-state index in [4.69, 9.17) is 0 Å². The van der Waals surface area contributed by atoms with E-state index in [1.54, 1.807) is 19.1 Å². The van der Waals surface area contributed by atoms with Crippen LogP contribution in [0.5, 0.6) is 0 Å². The monoisotopic (exact) mass is 240 g/mol. The summed E-state index contributed by atoms with van der Waals surface area (Å²) >= 11 is 0. The van der Waals surface area contributed by atoms with Crippen LogP contribution in [0.2, 0.25) is 0 Å². The van der Waals surface area contributed by atoms with Gasteiger partial charge in [-0.15, -0.1) is 0 Å². The summed E-state index contributed by atoms with van der Waals surface area (Å²) in [4.78, 5) is 30.2. The fourth-order valence-electron chi connectivity index (χ4n) is 1.13. The Hall–Kier alpha value is -2.08. The molecule has 0 amide bonds. The van der Waals surface area contributed by atoms with Crippen LogP contribution in [-0.4, -0.2) is 19.2 Å². The standard InChI is InChI=1S/C11H12O6/c1-7-5-4-6-9(8(7)2)10(12)15-17-16-11(13)14-3/h4-6H,1-3H3. The van der Waals surface area contributed by atoms with Gasteiger partial charge in [-0.1, -0.05) is 12.1 Å². The van der Waals surface area contributed by atoms with Crippen LogP contribution in [0.1, 0.15) is 21.5 Å².